The van der Waals surface area contributed by atoms with E-state index in [0.717, 1.165) is 57.4 Å². The zero-order valence-electron chi connectivity index (χ0n) is 25.8. The van der Waals surface area contributed by atoms with Gasteiger partial charge in [0.2, 0.25) is 0 Å². The van der Waals surface area contributed by atoms with Crippen molar-refractivity contribution in [2.75, 3.05) is 51.8 Å². The van der Waals surface area contributed by atoms with Crippen LogP contribution < -0.4 is 5.32 Å². The monoisotopic (exact) mass is 584 g/mol. The van der Waals surface area contributed by atoms with Crippen LogP contribution in [0.4, 0.5) is 5.82 Å². The Balaban J connectivity index is 0.000000315. The maximum Gasteiger partial charge on any atom is 0.272 e. The summed E-state index contributed by atoms with van der Waals surface area (Å²) >= 11 is 0. The Kier molecular flexibility index (Phi) is 13.6. The van der Waals surface area contributed by atoms with Gasteiger partial charge in [-0.15, -0.1) is 0 Å². The number of carbonyl (C=O) groups is 1. The summed E-state index contributed by atoms with van der Waals surface area (Å²) in [4.78, 5) is 25.8. The number of piperidine rings is 2. The molecule has 1 aliphatic carbocycles. The van der Waals surface area contributed by atoms with Crippen LogP contribution in [0, 0.1) is 6.92 Å². The van der Waals surface area contributed by atoms with Gasteiger partial charge in [-0.2, -0.15) is 0 Å². The number of hydrogen-bond acceptors (Lipinski definition) is 6. The molecule has 5 rings (SSSR count). The number of nitrogens with zero attached hydrogens (tertiary/aromatic N) is 5. The molecule has 0 radical (unpaired) electrons. The Bertz CT molecular complexity index is 1100. The quantitative estimate of drug-likeness (QED) is 0.492. The molecule has 0 bridgehead atoms. The average molecular weight is 585 g/mol. The molecule has 228 valence electrons. The van der Waals surface area contributed by atoms with Gasteiger partial charge in [0.1, 0.15) is 17.8 Å². The number of likely N-dealkylation sites (tertiary alicyclic amines) is 2. The van der Waals surface area contributed by atoms with Gasteiger partial charge in [-0.1, -0.05) is 74.9 Å². The number of hydrogen-bond donors (Lipinski definition) is 1. The fourth-order valence-corrected chi connectivity index (χ4v) is 6.72. The van der Waals surface area contributed by atoms with Crippen LogP contribution >= 0.6 is 0 Å². The second-order valence-electron chi connectivity index (χ2n) is 11.5. The largest absolute Gasteiger partial charge is 0.373 e. The lowest BCUT2D eigenvalue weighted by molar-refractivity contribution is 0.0544. The van der Waals surface area contributed by atoms with Crippen molar-refractivity contribution in [2.24, 2.45) is 0 Å². The van der Waals surface area contributed by atoms with E-state index in [9.17, 15) is 9.00 Å². The predicted molar refractivity (Wildman–Crippen MR) is 173 cm³/mol. The maximum absolute atomic E-state index is 12.9. The summed E-state index contributed by atoms with van der Waals surface area (Å²) in [5, 5.41) is 3.01. The standard InChI is InChI=1S/C20H34N6O2S.C6H12.C6H6/c1-15-18(22-14-23-19(15)21-2)20(27)26-12-8-17(9-13-26)25-10-6-16(7-11-25)24(3)29(4,5)28;2*1-2-4-6-5-3-1/h14,16-17H,4,6-13H2,1-3,5H3,(H,21,22,23);1-6H2;1-6H. The van der Waals surface area contributed by atoms with Crippen LogP contribution in [0.5, 0.6) is 0 Å². The third-order valence-corrected chi connectivity index (χ3v) is 10.1. The Morgan fingerprint density at radius 1 is 0.902 bits per heavy atom. The SMILES string of the molecule is C1CCCCC1.C=S(C)(=O)N(C)C1CCN(C2CCN(C(=O)c3ncnc(NC)c3C)CC2)CC1.c1ccccc1. The molecule has 1 unspecified atom stereocenters. The topological polar surface area (TPSA) is 81.7 Å². The van der Waals surface area contributed by atoms with Crippen LogP contribution in [0.1, 0.15) is 80.3 Å². The first-order valence-corrected chi connectivity index (χ1v) is 17.4. The average Bonchev–Trinajstić information content (AvgIpc) is 3.02. The molecule has 8 nitrogen and oxygen atoms in total. The highest BCUT2D eigenvalue weighted by atomic mass is 32.2. The third kappa shape index (κ3) is 10.4. The van der Waals surface area contributed by atoms with Gasteiger partial charge in [0.05, 0.1) is 0 Å². The molecule has 41 heavy (non-hydrogen) atoms. The summed E-state index contributed by atoms with van der Waals surface area (Å²) in [5.41, 5.74) is 1.29. The second-order valence-corrected chi connectivity index (χ2v) is 14.0. The highest BCUT2D eigenvalue weighted by Crippen LogP contribution is 2.25. The van der Waals surface area contributed by atoms with Gasteiger partial charge >= 0.3 is 0 Å². The van der Waals surface area contributed by atoms with E-state index in [1.165, 1.54) is 44.9 Å². The van der Waals surface area contributed by atoms with Crippen LogP contribution in [-0.2, 0) is 9.71 Å². The molecule has 3 heterocycles. The molecular formula is C32H52N6O2S. The van der Waals surface area contributed by atoms with Crippen molar-refractivity contribution in [2.45, 2.75) is 83.2 Å². The highest BCUT2D eigenvalue weighted by molar-refractivity contribution is 7.97. The van der Waals surface area contributed by atoms with Crippen LogP contribution in [0.3, 0.4) is 0 Å². The normalized spacial score (nSPS) is 20.2. The smallest absolute Gasteiger partial charge is 0.272 e. The zero-order chi connectivity index (χ0) is 29.7. The molecule has 2 saturated heterocycles. The fourth-order valence-electron chi connectivity index (χ4n) is 5.88. The van der Waals surface area contributed by atoms with E-state index in [1.54, 1.807) is 13.3 Å². The van der Waals surface area contributed by atoms with Gasteiger partial charge in [-0.25, -0.2) is 14.3 Å². The Morgan fingerprint density at radius 2 is 1.39 bits per heavy atom. The first-order chi connectivity index (χ1) is 19.7. The molecule has 1 saturated carbocycles. The van der Waals surface area contributed by atoms with Crippen LogP contribution in [0.25, 0.3) is 0 Å². The first-order valence-electron chi connectivity index (χ1n) is 15.3. The molecule has 1 N–H and O–H groups in total. The van der Waals surface area contributed by atoms with Gasteiger partial charge in [0.15, 0.2) is 0 Å². The molecular weight excluding hydrogens is 532 g/mol. The molecule has 3 fully saturated rings. The molecule has 1 atom stereocenters. The number of carbonyl (C=O) groups excluding carboxylic acids is 1. The van der Waals surface area contributed by atoms with Crippen LogP contribution in [0.2, 0.25) is 0 Å². The highest BCUT2D eigenvalue weighted by Gasteiger charge is 2.32. The number of nitrogens with one attached hydrogen (secondary N) is 1. The molecule has 0 spiro atoms. The minimum atomic E-state index is -2.14. The van der Waals surface area contributed by atoms with E-state index in [4.69, 9.17) is 0 Å². The molecule has 2 aliphatic heterocycles. The molecule has 2 aromatic rings. The Hall–Kier alpha value is -2.49. The fraction of sp³-hybridized carbons (Fsp3) is 0.625. The molecule has 1 aromatic carbocycles. The molecule has 1 amide bonds. The summed E-state index contributed by atoms with van der Waals surface area (Å²) < 4.78 is 14.2. The van der Waals surface area contributed by atoms with Gasteiger partial charge in [-0.05, 0) is 58.6 Å². The second kappa shape index (κ2) is 16.8. The zero-order valence-corrected chi connectivity index (χ0v) is 26.6. The summed E-state index contributed by atoms with van der Waals surface area (Å²) in [6, 6.07) is 12.8. The first kappa shape index (κ1) is 33.0. The van der Waals surface area contributed by atoms with Crippen molar-refractivity contribution >= 4 is 27.3 Å². The third-order valence-electron chi connectivity index (χ3n) is 8.58. The summed E-state index contributed by atoms with van der Waals surface area (Å²) in [6.07, 6.45) is 16.2. The number of rotatable bonds is 5. The van der Waals surface area contributed by atoms with Crippen molar-refractivity contribution in [3.05, 3.63) is 54.0 Å². The number of anilines is 1. The lowest BCUT2D eigenvalue weighted by Crippen LogP contribution is -2.52. The van der Waals surface area contributed by atoms with E-state index in [0.29, 0.717) is 23.6 Å². The molecule has 1 aromatic heterocycles. The van der Waals surface area contributed by atoms with Crippen LogP contribution in [-0.4, -0.2) is 98.7 Å². The van der Waals surface area contributed by atoms with Crippen LogP contribution in [0.15, 0.2) is 42.7 Å². The minimum absolute atomic E-state index is 0.00617. The number of aromatic nitrogens is 2. The summed E-state index contributed by atoms with van der Waals surface area (Å²) in [7, 11) is 1.58. The van der Waals surface area contributed by atoms with Crippen molar-refractivity contribution in [3.8, 4) is 0 Å². The lowest BCUT2D eigenvalue weighted by atomic mass is 9.97. The Labute approximate surface area is 249 Å². The van der Waals surface area contributed by atoms with E-state index in [2.05, 4.69) is 26.1 Å². The number of amides is 1. The van der Waals surface area contributed by atoms with E-state index in [1.807, 2.05) is 59.6 Å². The van der Waals surface area contributed by atoms with Crippen molar-refractivity contribution in [1.29, 1.82) is 0 Å². The number of benzene rings is 1. The Morgan fingerprint density at radius 3 is 1.83 bits per heavy atom. The summed E-state index contributed by atoms with van der Waals surface area (Å²) in [5.74, 6) is 4.50. The van der Waals surface area contributed by atoms with E-state index in [-0.39, 0.29) is 5.91 Å². The van der Waals surface area contributed by atoms with Crippen molar-refractivity contribution in [3.63, 3.8) is 0 Å². The molecule has 9 heteroatoms. The van der Waals surface area contributed by atoms with Gasteiger partial charge in [-0.3, -0.25) is 9.00 Å². The van der Waals surface area contributed by atoms with Gasteiger partial charge in [0, 0.05) is 53.7 Å². The van der Waals surface area contributed by atoms with Crippen molar-refractivity contribution < 1.29 is 9.00 Å². The van der Waals surface area contributed by atoms with Crippen molar-refractivity contribution in [1.82, 2.24) is 24.1 Å². The van der Waals surface area contributed by atoms with Gasteiger partial charge in [0.25, 0.3) is 5.91 Å². The molecule has 3 aliphatic rings. The van der Waals surface area contributed by atoms with Gasteiger partial charge < -0.3 is 15.1 Å². The van der Waals surface area contributed by atoms with E-state index >= 15 is 0 Å². The minimum Gasteiger partial charge on any atom is -0.373 e. The summed E-state index contributed by atoms with van der Waals surface area (Å²) in [6.45, 7) is 5.42. The maximum atomic E-state index is 12.9. The predicted octanol–water partition coefficient (Wildman–Crippen LogP) is 5.12. The van der Waals surface area contributed by atoms with E-state index < -0.39 is 9.71 Å². The lowest BCUT2D eigenvalue weighted by Gasteiger charge is -2.43.